The fraction of sp³-hybridized carbons (Fsp3) is 0.318. The molecule has 0 fully saturated rings. The number of aromatic nitrogens is 2. The molecule has 2 heterocycles. The lowest BCUT2D eigenvalue weighted by Gasteiger charge is -2.21. The summed E-state index contributed by atoms with van der Waals surface area (Å²) in [5, 5.41) is 5.14. The number of pyridine rings is 2. The topological polar surface area (TPSA) is 7.76 Å². The monoisotopic (exact) mass is 606 g/mol. The number of nitrogens with zero attached hydrogens (tertiary/aromatic N) is 2. The summed E-state index contributed by atoms with van der Waals surface area (Å²) in [7, 11) is 0. The van der Waals surface area contributed by atoms with Gasteiger partial charge in [0, 0.05) is 24.3 Å². The van der Waals surface area contributed by atoms with Gasteiger partial charge in [-0.15, -0.1) is 0 Å². The molecular weight excluding hydrogens is 556 g/mol. The van der Waals surface area contributed by atoms with Crippen molar-refractivity contribution in [2.45, 2.75) is 92.4 Å². The third-order valence-corrected chi connectivity index (χ3v) is 9.58. The van der Waals surface area contributed by atoms with Crippen LogP contribution in [0.25, 0.3) is 44.1 Å². The lowest BCUT2D eigenvalue weighted by molar-refractivity contribution is -1.29. The Labute approximate surface area is 276 Å². The molecule has 0 aliphatic rings. The highest BCUT2D eigenvalue weighted by molar-refractivity contribution is 6.08. The van der Waals surface area contributed by atoms with Gasteiger partial charge in [0.2, 0.25) is 12.4 Å². The van der Waals surface area contributed by atoms with E-state index in [4.69, 9.17) is 0 Å². The van der Waals surface area contributed by atoms with E-state index in [2.05, 4.69) is 189 Å². The molecule has 0 spiro atoms. The van der Waals surface area contributed by atoms with E-state index in [9.17, 15) is 0 Å². The number of hydrogen-bond donors (Lipinski definition) is 0. The molecular formula is C44H50N2+2. The molecule has 0 bridgehead atoms. The minimum absolute atomic E-state index is 0.00993. The Morgan fingerprint density at radius 2 is 0.913 bits per heavy atom. The molecule has 4 aromatic carbocycles. The summed E-state index contributed by atoms with van der Waals surface area (Å²) >= 11 is 0. The van der Waals surface area contributed by atoms with E-state index in [1.807, 2.05) is 0 Å². The van der Waals surface area contributed by atoms with Gasteiger partial charge in [-0.2, -0.15) is 0 Å². The zero-order chi connectivity index (χ0) is 33.2. The minimum atomic E-state index is 0.00993. The third-order valence-electron chi connectivity index (χ3n) is 9.58. The van der Waals surface area contributed by atoms with Crippen LogP contribution >= 0.6 is 0 Å². The van der Waals surface area contributed by atoms with Gasteiger partial charge in [-0.25, -0.2) is 0 Å². The second-order valence-corrected chi connectivity index (χ2v) is 16.2. The van der Waals surface area contributed by atoms with Gasteiger partial charge >= 0.3 is 0 Å². The van der Waals surface area contributed by atoms with Crippen LogP contribution in [0.5, 0.6) is 0 Å². The second-order valence-electron chi connectivity index (χ2n) is 16.2. The van der Waals surface area contributed by atoms with Crippen LogP contribution in [-0.2, 0) is 16.2 Å². The summed E-state index contributed by atoms with van der Waals surface area (Å²) in [5.74, 6) is 0. The van der Waals surface area contributed by atoms with Crippen LogP contribution in [0, 0.1) is 13.8 Å². The van der Waals surface area contributed by atoms with Crippen molar-refractivity contribution in [3.8, 4) is 22.5 Å². The van der Waals surface area contributed by atoms with E-state index in [0.717, 1.165) is 0 Å². The maximum Gasteiger partial charge on any atom is 0.284 e. The second kappa shape index (κ2) is 11.2. The van der Waals surface area contributed by atoms with Crippen LogP contribution in [0.3, 0.4) is 0 Å². The summed E-state index contributed by atoms with van der Waals surface area (Å²) in [5.41, 5.74) is 11.5. The van der Waals surface area contributed by atoms with Crippen molar-refractivity contribution in [2.24, 2.45) is 0 Å². The van der Waals surface area contributed by atoms with Crippen molar-refractivity contribution in [3.63, 3.8) is 0 Å². The molecule has 2 aromatic heterocycles. The van der Waals surface area contributed by atoms with Gasteiger partial charge in [0.1, 0.15) is 0 Å². The molecule has 0 radical (unpaired) electrons. The highest BCUT2D eigenvalue weighted by atomic mass is 15.4. The number of rotatable bonds is 3. The van der Waals surface area contributed by atoms with Gasteiger partial charge in [-0.3, -0.25) is 0 Å². The minimum Gasteiger partial charge on any atom is -0.0616 e. The lowest BCUT2D eigenvalue weighted by atomic mass is 9.83. The summed E-state index contributed by atoms with van der Waals surface area (Å²) < 4.78 is 4.71. The van der Waals surface area contributed by atoms with Crippen LogP contribution in [0.2, 0.25) is 0 Å². The summed E-state index contributed by atoms with van der Waals surface area (Å²) in [6, 6.07) is 34.4. The lowest BCUT2D eigenvalue weighted by Crippen LogP contribution is -2.68. The first-order chi connectivity index (χ1) is 21.5. The molecule has 0 aliphatic heterocycles. The van der Waals surface area contributed by atoms with Gasteiger partial charge in [0.25, 0.3) is 11.4 Å². The Morgan fingerprint density at radius 1 is 0.413 bits per heavy atom. The van der Waals surface area contributed by atoms with Crippen molar-refractivity contribution in [1.82, 2.24) is 0 Å². The van der Waals surface area contributed by atoms with Gasteiger partial charge in [-0.05, 0) is 97.7 Å². The highest BCUT2D eigenvalue weighted by Gasteiger charge is 2.33. The van der Waals surface area contributed by atoms with Crippen LogP contribution in [0.1, 0.15) is 90.1 Å². The first kappa shape index (κ1) is 31.7. The quantitative estimate of drug-likeness (QED) is 0.140. The zero-order valence-electron chi connectivity index (χ0n) is 29.7. The molecule has 46 heavy (non-hydrogen) atoms. The number of fused-ring (bicyclic) bond motifs is 3. The van der Waals surface area contributed by atoms with E-state index < -0.39 is 0 Å². The van der Waals surface area contributed by atoms with Crippen LogP contribution in [0.4, 0.5) is 0 Å². The van der Waals surface area contributed by atoms with Crippen LogP contribution < -0.4 is 9.35 Å². The number of aryl methyl sites for hydroxylation is 2. The molecule has 0 unspecified atom stereocenters. The van der Waals surface area contributed by atoms with Crippen molar-refractivity contribution in [1.29, 1.82) is 0 Å². The summed E-state index contributed by atoms with van der Waals surface area (Å²) in [6.45, 7) is 25.2. The molecule has 0 saturated carbocycles. The predicted octanol–water partition coefficient (Wildman–Crippen LogP) is 10.7. The van der Waals surface area contributed by atoms with Gasteiger partial charge in [0.15, 0.2) is 0 Å². The van der Waals surface area contributed by atoms with E-state index in [0.29, 0.717) is 0 Å². The number of hydrogen-bond acceptors (Lipinski definition) is 0. The smallest absolute Gasteiger partial charge is 0.0616 e. The summed E-state index contributed by atoms with van der Waals surface area (Å²) in [6.07, 6.45) is 4.53. The molecule has 0 N–H and O–H groups in total. The Balaban J connectivity index is 1.68. The Bertz CT molecular complexity index is 2110. The summed E-state index contributed by atoms with van der Waals surface area (Å²) in [4.78, 5) is 0. The van der Waals surface area contributed by atoms with Crippen molar-refractivity contribution >= 4 is 21.5 Å². The molecule has 0 atom stereocenters. The number of benzene rings is 4. The molecule has 2 heteroatoms. The molecule has 6 rings (SSSR count). The van der Waals surface area contributed by atoms with E-state index in [1.165, 1.54) is 71.9 Å². The standard InChI is InChI=1S/C44H50N2/c1-29-16-19-33(42(3,4)5)26-38(29)41-28-35(44(9,10)11)21-23-46(41)45-22-20-34(43(6,7)8)27-40(45)37-25-32-18-17-31-14-12-13-15-36(31)39(32)24-30(37)2/h12-28H,1-11H3/q+2. The van der Waals surface area contributed by atoms with Crippen LogP contribution in [0.15, 0.2) is 103 Å². The third kappa shape index (κ3) is 5.86. The molecule has 0 amide bonds. The zero-order valence-corrected chi connectivity index (χ0v) is 29.7. The van der Waals surface area contributed by atoms with Gasteiger partial charge in [0.05, 0.1) is 20.5 Å². The normalized spacial score (nSPS) is 12.7. The largest absolute Gasteiger partial charge is 0.284 e. The SMILES string of the molecule is Cc1ccc(C(C)(C)C)cc1-c1cc(C(C)(C)C)cc[n+]1-[n+]1ccc(C(C)(C)C)cc1-c1cc2ccc3ccccc3c2cc1C. The maximum atomic E-state index is 2.41. The average molecular weight is 607 g/mol. The van der Waals surface area contributed by atoms with E-state index in [1.54, 1.807) is 0 Å². The maximum absolute atomic E-state index is 2.41. The Morgan fingerprint density at radius 3 is 1.48 bits per heavy atom. The van der Waals surface area contributed by atoms with E-state index in [-0.39, 0.29) is 16.2 Å². The van der Waals surface area contributed by atoms with Crippen LogP contribution in [-0.4, -0.2) is 0 Å². The predicted molar refractivity (Wildman–Crippen MR) is 196 cm³/mol. The van der Waals surface area contributed by atoms with Gasteiger partial charge in [-0.1, -0.05) is 111 Å². The van der Waals surface area contributed by atoms with E-state index >= 15 is 0 Å². The Hall–Kier alpha value is -4.30. The first-order valence-electron chi connectivity index (χ1n) is 16.7. The molecule has 234 valence electrons. The fourth-order valence-corrected chi connectivity index (χ4v) is 6.50. The Kier molecular flexibility index (Phi) is 7.71. The fourth-order valence-electron chi connectivity index (χ4n) is 6.50. The first-order valence-corrected chi connectivity index (χ1v) is 16.7. The average Bonchev–Trinajstić information content (AvgIpc) is 2.99. The molecule has 2 nitrogen and oxygen atoms in total. The highest BCUT2D eigenvalue weighted by Crippen LogP contribution is 2.34. The van der Waals surface area contributed by atoms with Gasteiger partial charge < -0.3 is 0 Å². The van der Waals surface area contributed by atoms with Crippen molar-refractivity contribution in [3.05, 3.63) is 131 Å². The molecule has 0 aliphatic carbocycles. The van der Waals surface area contributed by atoms with Crippen molar-refractivity contribution < 1.29 is 9.35 Å². The molecule has 6 aromatic rings. The van der Waals surface area contributed by atoms with Crippen molar-refractivity contribution in [2.75, 3.05) is 0 Å². The molecule has 0 saturated heterocycles.